The topological polar surface area (TPSA) is 67.2 Å². The molecule has 36 heavy (non-hydrogen) atoms. The van der Waals surface area contributed by atoms with Gasteiger partial charge in [-0.05, 0) is 50.1 Å². The van der Waals surface area contributed by atoms with Gasteiger partial charge in [0.25, 0.3) is 11.8 Å². The molecule has 0 unspecified atom stereocenters. The number of carbonyl (C=O) groups is 2. The third-order valence-corrected chi connectivity index (χ3v) is 6.30. The van der Waals surface area contributed by atoms with Crippen molar-refractivity contribution in [2.24, 2.45) is 0 Å². The minimum atomic E-state index is -0.314. The van der Waals surface area contributed by atoms with Gasteiger partial charge in [-0.2, -0.15) is 5.10 Å². The molecule has 4 aromatic rings. The highest BCUT2D eigenvalue weighted by molar-refractivity contribution is 6.05. The Hall–Kier alpha value is -4.45. The van der Waals surface area contributed by atoms with E-state index in [-0.39, 0.29) is 17.5 Å². The number of nitrogens with zero attached hydrogens (tertiary/aromatic N) is 3. The summed E-state index contributed by atoms with van der Waals surface area (Å²) in [5.41, 5.74) is 5.13. The number of para-hydroxylation sites is 1. The van der Waals surface area contributed by atoms with Crippen LogP contribution in [0.3, 0.4) is 0 Å². The lowest BCUT2D eigenvalue weighted by atomic mass is 10.1. The highest BCUT2D eigenvalue weighted by Crippen LogP contribution is 2.26. The summed E-state index contributed by atoms with van der Waals surface area (Å²) in [5, 5.41) is 7.74. The van der Waals surface area contributed by atoms with E-state index in [1.54, 1.807) is 27.8 Å². The quantitative estimate of drug-likeness (QED) is 0.387. The zero-order valence-electron chi connectivity index (χ0n) is 20.2. The molecule has 0 aliphatic carbocycles. The summed E-state index contributed by atoms with van der Waals surface area (Å²) in [6, 6.07) is 27.0. The molecular formula is C30H28N4O2. The van der Waals surface area contributed by atoms with Crippen LogP contribution in [-0.2, 0) is 4.79 Å². The Morgan fingerprint density at radius 3 is 2.17 bits per heavy atom. The van der Waals surface area contributed by atoms with Crippen LogP contribution in [0.15, 0.2) is 96.8 Å². The van der Waals surface area contributed by atoms with Gasteiger partial charge in [-0.25, -0.2) is 4.68 Å². The molecule has 0 bridgehead atoms. The van der Waals surface area contributed by atoms with Gasteiger partial charge in [0.1, 0.15) is 11.4 Å². The van der Waals surface area contributed by atoms with Crippen molar-refractivity contribution in [1.82, 2.24) is 20.0 Å². The summed E-state index contributed by atoms with van der Waals surface area (Å²) < 4.78 is 1.80. The summed E-state index contributed by atoms with van der Waals surface area (Å²) in [6.07, 6.45) is 5.58. The van der Waals surface area contributed by atoms with Crippen LogP contribution in [0.1, 0.15) is 34.3 Å². The van der Waals surface area contributed by atoms with Crippen molar-refractivity contribution in [3.63, 3.8) is 0 Å². The largest absolute Gasteiger partial charge is 0.337 e. The van der Waals surface area contributed by atoms with Crippen LogP contribution in [0.25, 0.3) is 23.0 Å². The maximum absolute atomic E-state index is 13.5. The third-order valence-electron chi connectivity index (χ3n) is 6.30. The number of carbonyl (C=O) groups excluding carboxylic acids is 2. The molecular weight excluding hydrogens is 448 g/mol. The molecule has 3 aromatic carbocycles. The third kappa shape index (κ3) is 5.13. The molecule has 2 heterocycles. The van der Waals surface area contributed by atoms with E-state index < -0.39 is 0 Å². The van der Waals surface area contributed by atoms with Crippen molar-refractivity contribution in [2.75, 3.05) is 13.1 Å². The minimum absolute atomic E-state index is 0.181. The van der Waals surface area contributed by atoms with E-state index in [2.05, 4.69) is 5.32 Å². The van der Waals surface area contributed by atoms with E-state index in [0.717, 1.165) is 40.9 Å². The molecule has 6 nitrogen and oxygen atoms in total. The smallest absolute Gasteiger partial charge is 0.270 e. The van der Waals surface area contributed by atoms with Crippen LogP contribution in [0.2, 0.25) is 0 Å². The fourth-order valence-corrected chi connectivity index (χ4v) is 4.32. The normalized spacial score (nSPS) is 13.6. The summed E-state index contributed by atoms with van der Waals surface area (Å²) in [5.74, 6) is -0.495. The van der Waals surface area contributed by atoms with Crippen molar-refractivity contribution in [3.05, 3.63) is 114 Å². The van der Waals surface area contributed by atoms with Gasteiger partial charge in [0, 0.05) is 36.0 Å². The summed E-state index contributed by atoms with van der Waals surface area (Å²) in [7, 11) is 0. The zero-order chi connectivity index (χ0) is 24.9. The molecule has 1 aliphatic heterocycles. The Kier molecular flexibility index (Phi) is 6.76. The predicted octanol–water partition coefficient (Wildman–Crippen LogP) is 5.24. The van der Waals surface area contributed by atoms with E-state index in [4.69, 9.17) is 5.10 Å². The molecule has 0 atom stereocenters. The van der Waals surface area contributed by atoms with Gasteiger partial charge in [0.15, 0.2) is 0 Å². The molecule has 5 rings (SSSR count). The van der Waals surface area contributed by atoms with Gasteiger partial charge in [0.2, 0.25) is 0 Å². The second kappa shape index (κ2) is 10.4. The average molecular weight is 477 g/mol. The maximum atomic E-state index is 13.5. The molecule has 1 aliphatic rings. The SMILES string of the molecule is Cc1ccc(C(=O)N/C(=C/c2cn(-c3ccccc3)nc2-c2ccccc2)C(=O)N2CCCC2)cc1. The van der Waals surface area contributed by atoms with Crippen molar-refractivity contribution in [2.45, 2.75) is 19.8 Å². The summed E-state index contributed by atoms with van der Waals surface area (Å²) in [6.45, 7) is 3.34. The molecule has 180 valence electrons. The van der Waals surface area contributed by atoms with E-state index in [0.29, 0.717) is 18.7 Å². The van der Waals surface area contributed by atoms with E-state index in [1.165, 1.54) is 0 Å². The standard InChI is InChI=1S/C30H28N4O2/c1-22-14-16-24(17-15-22)29(35)31-27(30(36)33-18-8-9-19-33)20-25-21-34(26-12-6-3-7-13-26)32-28(25)23-10-4-2-5-11-23/h2-7,10-17,20-21H,8-9,18-19H2,1H3,(H,31,35)/b27-20+. The van der Waals surface area contributed by atoms with Crippen LogP contribution in [0.5, 0.6) is 0 Å². The van der Waals surface area contributed by atoms with Crippen molar-refractivity contribution >= 4 is 17.9 Å². The molecule has 0 radical (unpaired) electrons. The summed E-state index contributed by atoms with van der Waals surface area (Å²) >= 11 is 0. The van der Waals surface area contributed by atoms with Crippen molar-refractivity contribution in [1.29, 1.82) is 0 Å². The first-order valence-corrected chi connectivity index (χ1v) is 12.2. The number of hydrogen-bond acceptors (Lipinski definition) is 3. The number of nitrogens with one attached hydrogen (secondary N) is 1. The molecule has 1 aromatic heterocycles. The van der Waals surface area contributed by atoms with Crippen LogP contribution in [0, 0.1) is 6.92 Å². The number of amides is 2. The van der Waals surface area contributed by atoms with Gasteiger partial charge < -0.3 is 10.2 Å². The fourth-order valence-electron chi connectivity index (χ4n) is 4.32. The minimum Gasteiger partial charge on any atom is -0.337 e. The van der Waals surface area contributed by atoms with Crippen molar-refractivity contribution in [3.8, 4) is 16.9 Å². The molecule has 1 saturated heterocycles. The van der Waals surface area contributed by atoms with E-state index >= 15 is 0 Å². The number of benzene rings is 3. The van der Waals surface area contributed by atoms with Gasteiger partial charge in [-0.1, -0.05) is 66.2 Å². The molecule has 6 heteroatoms. The van der Waals surface area contributed by atoms with E-state index in [9.17, 15) is 9.59 Å². The van der Waals surface area contributed by atoms with Gasteiger partial charge in [0.05, 0.1) is 5.69 Å². The fraction of sp³-hybridized carbons (Fsp3) is 0.167. The Morgan fingerprint density at radius 1 is 0.861 bits per heavy atom. The number of aryl methyl sites for hydroxylation is 1. The predicted molar refractivity (Wildman–Crippen MR) is 141 cm³/mol. The average Bonchev–Trinajstić information content (AvgIpc) is 3.60. The molecule has 1 N–H and O–H groups in total. The Balaban J connectivity index is 1.58. The second-order valence-corrected chi connectivity index (χ2v) is 8.96. The van der Waals surface area contributed by atoms with Crippen LogP contribution >= 0.6 is 0 Å². The van der Waals surface area contributed by atoms with Crippen molar-refractivity contribution < 1.29 is 9.59 Å². The summed E-state index contributed by atoms with van der Waals surface area (Å²) in [4.78, 5) is 28.4. The number of aromatic nitrogens is 2. The number of likely N-dealkylation sites (tertiary alicyclic amines) is 1. The van der Waals surface area contributed by atoms with Gasteiger partial charge in [-0.15, -0.1) is 0 Å². The zero-order valence-corrected chi connectivity index (χ0v) is 20.2. The van der Waals surface area contributed by atoms with E-state index in [1.807, 2.05) is 85.9 Å². The van der Waals surface area contributed by atoms with Gasteiger partial charge in [-0.3, -0.25) is 9.59 Å². The molecule has 0 spiro atoms. The Morgan fingerprint density at radius 2 is 1.50 bits per heavy atom. The monoisotopic (exact) mass is 476 g/mol. The lowest BCUT2D eigenvalue weighted by Crippen LogP contribution is -2.36. The highest BCUT2D eigenvalue weighted by Gasteiger charge is 2.24. The Bertz CT molecular complexity index is 1380. The molecule has 2 amide bonds. The first-order chi connectivity index (χ1) is 17.6. The molecule has 1 fully saturated rings. The number of hydrogen-bond donors (Lipinski definition) is 1. The highest BCUT2D eigenvalue weighted by atomic mass is 16.2. The Labute approximate surface area is 210 Å². The lowest BCUT2D eigenvalue weighted by molar-refractivity contribution is -0.126. The first-order valence-electron chi connectivity index (χ1n) is 12.2. The molecule has 0 saturated carbocycles. The van der Waals surface area contributed by atoms with Crippen LogP contribution < -0.4 is 5.32 Å². The van der Waals surface area contributed by atoms with Crippen LogP contribution in [0.4, 0.5) is 0 Å². The second-order valence-electron chi connectivity index (χ2n) is 8.96. The number of rotatable bonds is 6. The van der Waals surface area contributed by atoms with Crippen LogP contribution in [-0.4, -0.2) is 39.6 Å². The maximum Gasteiger partial charge on any atom is 0.270 e. The first kappa shape index (κ1) is 23.3. The van der Waals surface area contributed by atoms with Gasteiger partial charge >= 0.3 is 0 Å². The lowest BCUT2D eigenvalue weighted by Gasteiger charge is -2.18.